The predicted molar refractivity (Wildman–Crippen MR) is 143 cm³/mol. The second kappa shape index (κ2) is 11.8. The lowest BCUT2D eigenvalue weighted by atomic mass is 9.98. The predicted octanol–water partition coefficient (Wildman–Crippen LogP) is 4.36. The lowest BCUT2D eigenvalue weighted by Gasteiger charge is -2.25. The van der Waals surface area contributed by atoms with Gasteiger partial charge in [-0.25, -0.2) is 4.68 Å². The summed E-state index contributed by atoms with van der Waals surface area (Å²) in [6, 6.07) is 17.0. The molecule has 5 rings (SSSR count). The second-order valence-corrected chi connectivity index (χ2v) is 9.41. The van der Waals surface area contributed by atoms with Crippen LogP contribution < -0.4 is 9.47 Å². The van der Waals surface area contributed by atoms with Crippen molar-refractivity contribution in [2.45, 2.75) is 38.5 Å². The Bertz CT molecular complexity index is 1580. The first-order chi connectivity index (χ1) is 19.5. The number of aryl methyl sites for hydroxylation is 1. The van der Waals surface area contributed by atoms with Gasteiger partial charge in [0.05, 0.1) is 32.2 Å². The molecule has 0 unspecified atom stereocenters. The number of hydrogen-bond donors (Lipinski definition) is 0. The molecule has 0 spiro atoms. The molecule has 206 valence electrons. The first-order valence-electron chi connectivity index (χ1n) is 12.7. The molecule has 1 aliphatic rings. The van der Waals surface area contributed by atoms with Crippen molar-refractivity contribution >= 4 is 17.6 Å². The number of ether oxygens (including phenoxy) is 4. The highest BCUT2D eigenvalue weighted by Gasteiger charge is 2.34. The van der Waals surface area contributed by atoms with Crippen molar-refractivity contribution in [2.24, 2.45) is 0 Å². The highest BCUT2D eigenvalue weighted by atomic mass is 35.5. The summed E-state index contributed by atoms with van der Waals surface area (Å²) in [6.07, 6.45) is -0.744. The van der Waals surface area contributed by atoms with Gasteiger partial charge in [0.25, 0.3) is 0 Å². The number of para-hydroxylation sites is 1. The van der Waals surface area contributed by atoms with Crippen molar-refractivity contribution in [1.82, 2.24) is 24.8 Å². The van der Waals surface area contributed by atoms with E-state index < -0.39 is 18.2 Å². The van der Waals surface area contributed by atoms with Gasteiger partial charge < -0.3 is 23.5 Å². The summed E-state index contributed by atoms with van der Waals surface area (Å²) in [5.41, 5.74) is 3.51. The van der Waals surface area contributed by atoms with Gasteiger partial charge in [0.15, 0.2) is 17.3 Å². The Kier molecular flexibility index (Phi) is 8.00. The van der Waals surface area contributed by atoms with Gasteiger partial charge in [-0.3, -0.25) is 4.79 Å². The summed E-state index contributed by atoms with van der Waals surface area (Å²) in [6.45, 7) is 2.36. The van der Waals surface area contributed by atoms with Gasteiger partial charge in [0.1, 0.15) is 30.4 Å². The molecule has 0 aliphatic carbocycles. The van der Waals surface area contributed by atoms with E-state index in [1.807, 2.05) is 41.0 Å². The van der Waals surface area contributed by atoms with Crippen molar-refractivity contribution in [1.29, 1.82) is 5.26 Å². The molecule has 0 radical (unpaired) electrons. The zero-order chi connectivity index (χ0) is 28.2. The molecular formula is C28H27ClN6O5. The first-order valence-corrected chi connectivity index (χ1v) is 13.0. The Balaban J connectivity index is 1.59. The largest absolute Gasteiger partial charge is 0.493 e. The van der Waals surface area contributed by atoms with E-state index in [0.29, 0.717) is 41.0 Å². The van der Waals surface area contributed by atoms with E-state index in [0.717, 1.165) is 22.5 Å². The maximum absolute atomic E-state index is 12.1. The van der Waals surface area contributed by atoms with Crippen LogP contribution in [-0.2, 0) is 27.2 Å². The van der Waals surface area contributed by atoms with Crippen molar-refractivity contribution in [3.05, 3.63) is 81.9 Å². The molecule has 0 saturated heterocycles. The minimum Gasteiger partial charge on any atom is -0.493 e. The summed E-state index contributed by atoms with van der Waals surface area (Å²) in [5.74, 6) is 1.07. The molecule has 12 heteroatoms. The van der Waals surface area contributed by atoms with Crippen LogP contribution in [-0.4, -0.2) is 51.6 Å². The number of nitrogens with zero attached hydrogens (tertiary/aromatic N) is 6. The third kappa shape index (κ3) is 5.11. The van der Waals surface area contributed by atoms with Gasteiger partial charge in [0, 0.05) is 22.7 Å². The number of halogens is 1. The van der Waals surface area contributed by atoms with Crippen LogP contribution in [0.5, 0.6) is 11.5 Å². The zero-order valence-electron chi connectivity index (χ0n) is 22.2. The molecule has 0 bridgehead atoms. The van der Waals surface area contributed by atoms with E-state index in [1.54, 1.807) is 38.0 Å². The van der Waals surface area contributed by atoms with Gasteiger partial charge in [-0.15, -0.1) is 5.10 Å². The number of tetrazole rings is 1. The molecule has 40 heavy (non-hydrogen) atoms. The summed E-state index contributed by atoms with van der Waals surface area (Å²) in [4.78, 5) is 12.1. The van der Waals surface area contributed by atoms with E-state index in [1.165, 1.54) is 0 Å². The topological polar surface area (TPSA) is 126 Å². The fraction of sp³-hybridized carbons (Fsp3) is 0.321. The highest BCUT2D eigenvalue weighted by Crippen LogP contribution is 2.47. The standard InChI is InChI=1S/C28H27ClN6O5/c1-4-39-26(36)15-25-31-32-33-34(25)13-12-23-22-11-9-18(16-30)35(22)21-10-8-17(29)14-20(21)27(40-23)19-6-5-7-24(37-2)28(19)38-3/h5-11,14,23,27H,4,12-13,15H2,1-3H3/t23-,27-/m1/s1. The molecule has 3 heterocycles. The van der Waals surface area contributed by atoms with Gasteiger partial charge in [-0.1, -0.05) is 23.7 Å². The Labute approximate surface area is 235 Å². The van der Waals surface area contributed by atoms with E-state index in [9.17, 15) is 10.1 Å². The van der Waals surface area contributed by atoms with E-state index in [2.05, 4.69) is 21.6 Å². The number of hydrogen-bond acceptors (Lipinski definition) is 9. The summed E-state index contributed by atoms with van der Waals surface area (Å²) in [5, 5.41) is 22.3. The molecular weight excluding hydrogens is 536 g/mol. The number of aromatic nitrogens is 5. The Morgan fingerprint density at radius 2 is 2.00 bits per heavy atom. The third-order valence-electron chi connectivity index (χ3n) is 6.70. The van der Waals surface area contributed by atoms with Gasteiger partial charge >= 0.3 is 5.97 Å². The molecule has 0 amide bonds. The van der Waals surface area contributed by atoms with Crippen LogP contribution in [0, 0.1) is 11.3 Å². The van der Waals surface area contributed by atoms with E-state index >= 15 is 0 Å². The van der Waals surface area contributed by atoms with Crippen LogP contribution in [0.4, 0.5) is 0 Å². The number of carbonyl (C=O) groups is 1. The van der Waals surface area contributed by atoms with E-state index in [-0.39, 0.29) is 13.0 Å². The number of fused-ring (bicyclic) bond motifs is 3. The Morgan fingerprint density at radius 3 is 2.75 bits per heavy atom. The monoisotopic (exact) mass is 562 g/mol. The molecule has 2 aromatic heterocycles. The second-order valence-electron chi connectivity index (χ2n) is 8.97. The molecule has 0 fully saturated rings. The van der Waals surface area contributed by atoms with Crippen molar-refractivity contribution in [3.8, 4) is 23.3 Å². The number of rotatable bonds is 9. The lowest BCUT2D eigenvalue weighted by Crippen LogP contribution is -2.17. The summed E-state index contributed by atoms with van der Waals surface area (Å²) >= 11 is 6.49. The van der Waals surface area contributed by atoms with Crippen LogP contribution >= 0.6 is 11.6 Å². The number of carbonyl (C=O) groups excluding carboxylic acids is 1. The fourth-order valence-corrected chi connectivity index (χ4v) is 5.17. The molecule has 2 aromatic carbocycles. The van der Waals surface area contributed by atoms with Gasteiger partial charge in [0.2, 0.25) is 0 Å². The minimum absolute atomic E-state index is 0.0467. The van der Waals surface area contributed by atoms with Crippen LogP contribution in [0.2, 0.25) is 5.02 Å². The molecule has 0 N–H and O–H groups in total. The van der Waals surface area contributed by atoms with Crippen molar-refractivity contribution in [3.63, 3.8) is 0 Å². The average molecular weight is 563 g/mol. The third-order valence-corrected chi connectivity index (χ3v) is 6.94. The molecule has 4 aromatic rings. The smallest absolute Gasteiger partial charge is 0.313 e. The maximum atomic E-state index is 12.1. The van der Waals surface area contributed by atoms with Gasteiger partial charge in [-0.05, 0) is 60.2 Å². The van der Waals surface area contributed by atoms with Gasteiger partial charge in [-0.2, -0.15) is 5.26 Å². The summed E-state index contributed by atoms with van der Waals surface area (Å²) in [7, 11) is 3.16. The number of methoxy groups -OCH3 is 2. The quantitative estimate of drug-likeness (QED) is 0.273. The van der Waals surface area contributed by atoms with Crippen molar-refractivity contribution in [2.75, 3.05) is 20.8 Å². The van der Waals surface area contributed by atoms with Crippen molar-refractivity contribution < 1.29 is 23.7 Å². The van der Waals surface area contributed by atoms with E-state index in [4.69, 9.17) is 30.5 Å². The number of esters is 1. The number of nitriles is 1. The molecule has 2 atom stereocenters. The molecule has 1 aliphatic heterocycles. The molecule has 11 nitrogen and oxygen atoms in total. The highest BCUT2D eigenvalue weighted by molar-refractivity contribution is 6.30. The average Bonchev–Trinajstić information content (AvgIpc) is 3.56. The SMILES string of the molecule is CCOC(=O)Cc1nnnn1CC[C@H]1O[C@H](c2cccc(OC)c2OC)c2cc(Cl)ccc2-n2c(C#N)ccc21. The Morgan fingerprint density at radius 1 is 1.15 bits per heavy atom. The van der Waals surface area contributed by atoms with Crippen LogP contribution in [0.3, 0.4) is 0 Å². The van der Waals surface area contributed by atoms with Crippen LogP contribution in [0.1, 0.15) is 53.9 Å². The number of benzene rings is 2. The zero-order valence-corrected chi connectivity index (χ0v) is 23.0. The lowest BCUT2D eigenvalue weighted by molar-refractivity contribution is -0.142. The Hall–Kier alpha value is -4.40. The summed E-state index contributed by atoms with van der Waals surface area (Å²) < 4.78 is 26.7. The van der Waals surface area contributed by atoms with Crippen LogP contribution in [0.15, 0.2) is 48.5 Å². The minimum atomic E-state index is -0.622. The van der Waals surface area contributed by atoms with Crippen LogP contribution in [0.25, 0.3) is 5.69 Å². The fourth-order valence-electron chi connectivity index (χ4n) is 4.99. The molecule has 0 saturated carbocycles. The normalized spacial score (nSPS) is 15.9. The maximum Gasteiger partial charge on any atom is 0.313 e. The first kappa shape index (κ1) is 27.2.